The fraction of sp³-hybridized carbons (Fsp3) is 0.379. The molecule has 2 aromatic heterocycles. The third-order valence-corrected chi connectivity index (χ3v) is 7.28. The molecular formula is C29H27F3N2O2. The first kappa shape index (κ1) is 24.3. The molecular weight excluding hydrogens is 465 g/mol. The molecule has 1 aromatic carbocycles. The number of Topliss-reactive ketones (excluding diaryl/α,β-unsaturated/α-hetero) is 1. The first-order valence-electron chi connectivity index (χ1n) is 12.3. The van der Waals surface area contributed by atoms with E-state index in [1.807, 2.05) is 13.8 Å². The lowest BCUT2D eigenvalue weighted by Gasteiger charge is -2.33. The number of alkyl halides is 3. The van der Waals surface area contributed by atoms with Gasteiger partial charge in [0.2, 0.25) is 0 Å². The van der Waals surface area contributed by atoms with Crippen LogP contribution in [-0.2, 0) is 12.6 Å². The van der Waals surface area contributed by atoms with Crippen LogP contribution in [0.1, 0.15) is 95.1 Å². The number of aromatic nitrogens is 2. The number of ketones is 2. The molecule has 1 saturated carbocycles. The summed E-state index contributed by atoms with van der Waals surface area (Å²) >= 11 is 0. The van der Waals surface area contributed by atoms with Crippen molar-refractivity contribution in [2.24, 2.45) is 5.41 Å². The van der Waals surface area contributed by atoms with E-state index in [1.165, 1.54) is 12.1 Å². The van der Waals surface area contributed by atoms with E-state index in [9.17, 15) is 22.8 Å². The Balaban J connectivity index is 1.78. The van der Waals surface area contributed by atoms with E-state index < -0.39 is 17.5 Å². The van der Waals surface area contributed by atoms with E-state index in [1.54, 1.807) is 24.5 Å². The number of carbonyl (C=O) groups is 2. The first-order chi connectivity index (χ1) is 17.0. The van der Waals surface area contributed by atoms with Crippen molar-refractivity contribution in [3.63, 3.8) is 0 Å². The van der Waals surface area contributed by atoms with Crippen LogP contribution < -0.4 is 0 Å². The van der Waals surface area contributed by atoms with Crippen LogP contribution in [0.15, 0.2) is 48.8 Å². The molecule has 186 valence electrons. The Bertz CT molecular complexity index is 1320. The van der Waals surface area contributed by atoms with E-state index >= 15 is 0 Å². The SMILES string of the molecule is CC1(C)CC(=O)c2c(nc(C3CCCC3)c(C(=O)c3ccc(C(F)(F)F)cc3)c2-c2ccncc2)C1. The van der Waals surface area contributed by atoms with Crippen LogP contribution in [0, 0.1) is 5.41 Å². The standard InChI is InChI=1S/C29H27F3N2O2/c1-28(2)15-21-24(22(35)16-28)23(17-11-13-33-14-12-17)25(26(34-21)18-5-3-4-6-18)27(36)19-7-9-20(10-8-19)29(30,31)32/h7-14,18H,3-6,15-16H2,1-2H3. The van der Waals surface area contributed by atoms with Gasteiger partial charge in [0.05, 0.1) is 22.5 Å². The average Bonchev–Trinajstić information content (AvgIpc) is 3.37. The predicted molar refractivity (Wildman–Crippen MR) is 130 cm³/mol. The number of pyridine rings is 2. The lowest BCUT2D eigenvalue weighted by atomic mass is 9.72. The molecule has 3 aromatic rings. The maximum absolute atomic E-state index is 14.1. The maximum Gasteiger partial charge on any atom is 0.416 e. The molecule has 0 amide bonds. The zero-order chi connectivity index (χ0) is 25.7. The van der Waals surface area contributed by atoms with Crippen LogP contribution in [0.3, 0.4) is 0 Å². The Hall–Kier alpha value is -3.35. The normalized spacial score (nSPS) is 17.8. The number of nitrogens with zero attached hydrogens (tertiary/aromatic N) is 2. The van der Waals surface area contributed by atoms with Crippen molar-refractivity contribution in [1.29, 1.82) is 0 Å². The van der Waals surface area contributed by atoms with Gasteiger partial charge >= 0.3 is 6.18 Å². The summed E-state index contributed by atoms with van der Waals surface area (Å²) in [4.78, 5) is 36.6. The monoisotopic (exact) mass is 492 g/mol. The van der Waals surface area contributed by atoms with Gasteiger partial charge in [-0.15, -0.1) is 0 Å². The van der Waals surface area contributed by atoms with E-state index in [0.717, 1.165) is 37.8 Å². The number of fused-ring (bicyclic) bond motifs is 1. The lowest BCUT2D eigenvalue weighted by molar-refractivity contribution is -0.137. The Morgan fingerprint density at radius 3 is 2.19 bits per heavy atom. The summed E-state index contributed by atoms with van der Waals surface area (Å²) in [5.41, 5.74) is 2.45. The van der Waals surface area contributed by atoms with Gasteiger partial charge in [-0.1, -0.05) is 38.8 Å². The third kappa shape index (κ3) is 4.47. The highest BCUT2D eigenvalue weighted by Gasteiger charge is 2.39. The number of hydrogen-bond acceptors (Lipinski definition) is 4. The van der Waals surface area contributed by atoms with Gasteiger partial charge in [0, 0.05) is 41.4 Å². The van der Waals surface area contributed by atoms with Crippen molar-refractivity contribution in [1.82, 2.24) is 9.97 Å². The summed E-state index contributed by atoms with van der Waals surface area (Å²) < 4.78 is 39.5. The van der Waals surface area contributed by atoms with Crippen LogP contribution in [0.5, 0.6) is 0 Å². The van der Waals surface area contributed by atoms with E-state index in [2.05, 4.69) is 4.98 Å². The van der Waals surface area contributed by atoms with Crippen LogP contribution in [0.2, 0.25) is 0 Å². The molecule has 2 heterocycles. The van der Waals surface area contributed by atoms with Crippen LogP contribution in [-0.4, -0.2) is 21.5 Å². The molecule has 7 heteroatoms. The van der Waals surface area contributed by atoms with E-state index in [-0.39, 0.29) is 22.7 Å². The van der Waals surface area contributed by atoms with Gasteiger partial charge in [0.15, 0.2) is 11.6 Å². The predicted octanol–water partition coefficient (Wildman–Crippen LogP) is 7.21. The molecule has 0 N–H and O–H groups in total. The topological polar surface area (TPSA) is 59.9 Å². The minimum absolute atomic E-state index is 0.0597. The second-order valence-corrected chi connectivity index (χ2v) is 10.6. The Kier molecular flexibility index (Phi) is 6.05. The van der Waals surface area contributed by atoms with Crippen molar-refractivity contribution >= 4 is 11.6 Å². The maximum atomic E-state index is 14.1. The molecule has 1 fully saturated rings. The summed E-state index contributed by atoms with van der Waals surface area (Å²) in [6.07, 6.45) is 3.47. The lowest BCUT2D eigenvalue weighted by Crippen LogP contribution is -2.30. The van der Waals surface area contributed by atoms with Crippen molar-refractivity contribution < 1.29 is 22.8 Å². The minimum Gasteiger partial charge on any atom is -0.294 e. The first-order valence-corrected chi connectivity index (χ1v) is 12.3. The fourth-order valence-corrected chi connectivity index (χ4v) is 5.61. The van der Waals surface area contributed by atoms with Crippen LogP contribution in [0.25, 0.3) is 11.1 Å². The Labute approximate surface area is 208 Å². The van der Waals surface area contributed by atoms with Gasteiger partial charge in [-0.2, -0.15) is 13.2 Å². The Morgan fingerprint density at radius 1 is 0.944 bits per heavy atom. The highest BCUT2D eigenvalue weighted by molar-refractivity contribution is 6.17. The molecule has 0 atom stereocenters. The quantitative estimate of drug-likeness (QED) is 0.361. The summed E-state index contributed by atoms with van der Waals surface area (Å²) in [5, 5.41) is 0. The second kappa shape index (κ2) is 8.95. The average molecular weight is 493 g/mol. The highest BCUT2D eigenvalue weighted by atomic mass is 19.4. The third-order valence-electron chi connectivity index (χ3n) is 7.28. The largest absolute Gasteiger partial charge is 0.416 e. The molecule has 36 heavy (non-hydrogen) atoms. The van der Waals surface area contributed by atoms with Gasteiger partial charge in [-0.25, -0.2) is 0 Å². The molecule has 0 saturated heterocycles. The molecule has 0 radical (unpaired) electrons. The minimum atomic E-state index is -4.49. The molecule has 0 bridgehead atoms. The molecule has 0 unspecified atom stereocenters. The number of benzene rings is 1. The van der Waals surface area contributed by atoms with Crippen molar-refractivity contribution in [2.45, 2.75) is 64.5 Å². The molecule has 2 aliphatic carbocycles. The second-order valence-electron chi connectivity index (χ2n) is 10.6. The van der Waals surface area contributed by atoms with Gasteiger partial charge < -0.3 is 0 Å². The summed E-state index contributed by atoms with van der Waals surface area (Å²) in [6, 6.07) is 7.81. The molecule has 5 rings (SSSR count). The molecule has 0 aliphatic heterocycles. The zero-order valence-electron chi connectivity index (χ0n) is 20.3. The summed E-state index contributed by atoms with van der Waals surface area (Å²) in [7, 11) is 0. The van der Waals surface area contributed by atoms with Crippen LogP contribution >= 0.6 is 0 Å². The Morgan fingerprint density at radius 2 is 1.58 bits per heavy atom. The van der Waals surface area contributed by atoms with Gasteiger partial charge in [0.25, 0.3) is 0 Å². The smallest absolute Gasteiger partial charge is 0.294 e. The van der Waals surface area contributed by atoms with Crippen molar-refractivity contribution in [2.75, 3.05) is 0 Å². The molecule has 0 spiro atoms. The number of rotatable bonds is 4. The molecule has 2 aliphatic rings. The number of hydrogen-bond donors (Lipinski definition) is 0. The van der Waals surface area contributed by atoms with Crippen LogP contribution in [0.4, 0.5) is 13.2 Å². The van der Waals surface area contributed by atoms with Gasteiger partial charge in [-0.3, -0.25) is 19.6 Å². The van der Waals surface area contributed by atoms with Gasteiger partial charge in [-0.05, 0) is 54.5 Å². The van der Waals surface area contributed by atoms with Gasteiger partial charge in [0.1, 0.15) is 0 Å². The molecule has 4 nitrogen and oxygen atoms in total. The van der Waals surface area contributed by atoms with Crippen molar-refractivity contribution in [3.05, 3.63) is 82.4 Å². The summed E-state index contributed by atoms with van der Waals surface area (Å²) in [6.45, 7) is 4.08. The van der Waals surface area contributed by atoms with E-state index in [4.69, 9.17) is 4.98 Å². The number of carbonyl (C=O) groups excluding carboxylic acids is 2. The van der Waals surface area contributed by atoms with E-state index in [0.29, 0.717) is 46.5 Å². The fourth-order valence-electron chi connectivity index (χ4n) is 5.61. The highest BCUT2D eigenvalue weighted by Crippen LogP contribution is 2.45. The van der Waals surface area contributed by atoms with Crippen molar-refractivity contribution in [3.8, 4) is 11.1 Å². The summed E-state index contributed by atoms with van der Waals surface area (Å²) in [5.74, 6) is -0.421. The number of halogens is 3. The zero-order valence-corrected chi connectivity index (χ0v) is 20.3.